The molecular formula is C18H19NO4S. The van der Waals surface area contributed by atoms with Crippen LogP contribution in [0.3, 0.4) is 0 Å². The standard InChI is InChI=1S/C18H19NO4S/c1-19(2)16(20)10-23-18(21)15-9-12-5-4-11-8-13(22-3)6-7-14(11)17(12)24-15/h6-9H,4-5,10H2,1-3H3. The quantitative estimate of drug-likeness (QED) is 0.800. The molecule has 24 heavy (non-hydrogen) atoms. The highest BCUT2D eigenvalue weighted by Crippen LogP contribution is 2.40. The molecule has 1 aromatic carbocycles. The summed E-state index contributed by atoms with van der Waals surface area (Å²) in [6.45, 7) is -0.234. The molecule has 0 saturated carbocycles. The number of carbonyl (C=O) groups excluding carboxylic acids is 2. The van der Waals surface area contributed by atoms with Gasteiger partial charge in [-0.05, 0) is 53.8 Å². The van der Waals surface area contributed by atoms with Crippen LogP contribution in [0.4, 0.5) is 0 Å². The van der Waals surface area contributed by atoms with Crippen molar-refractivity contribution in [2.75, 3.05) is 27.8 Å². The fraction of sp³-hybridized carbons (Fsp3) is 0.333. The van der Waals surface area contributed by atoms with Crippen molar-refractivity contribution < 1.29 is 19.1 Å². The number of methoxy groups -OCH3 is 1. The molecule has 0 bridgehead atoms. The lowest BCUT2D eigenvalue weighted by Gasteiger charge is -2.16. The van der Waals surface area contributed by atoms with Crippen molar-refractivity contribution in [2.24, 2.45) is 0 Å². The third-order valence-electron chi connectivity index (χ3n) is 4.06. The fourth-order valence-electron chi connectivity index (χ4n) is 2.67. The number of benzene rings is 1. The van der Waals surface area contributed by atoms with Gasteiger partial charge < -0.3 is 14.4 Å². The summed E-state index contributed by atoms with van der Waals surface area (Å²) in [4.78, 5) is 26.8. The second-order valence-electron chi connectivity index (χ2n) is 5.85. The number of amides is 1. The number of fused-ring (bicyclic) bond motifs is 3. The van der Waals surface area contributed by atoms with Gasteiger partial charge in [0.1, 0.15) is 10.6 Å². The minimum Gasteiger partial charge on any atom is -0.497 e. The van der Waals surface area contributed by atoms with Crippen LogP contribution in [-0.2, 0) is 22.4 Å². The van der Waals surface area contributed by atoms with Crippen LogP contribution in [-0.4, -0.2) is 44.6 Å². The molecule has 1 heterocycles. The van der Waals surface area contributed by atoms with E-state index in [4.69, 9.17) is 9.47 Å². The molecule has 1 aliphatic carbocycles. The van der Waals surface area contributed by atoms with Crippen LogP contribution >= 0.6 is 11.3 Å². The third kappa shape index (κ3) is 3.14. The number of thiophene rings is 1. The molecule has 2 aromatic rings. The maximum atomic E-state index is 12.2. The normalized spacial score (nSPS) is 12.1. The molecule has 0 aliphatic heterocycles. The van der Waals surface area contributed by atoms with Gasteiger partial charge in [-0.15, -0.1) is 11.3 Å². The van der Waals surface area contributed by atoms with Crippen LogP contribution in [0.15, 0.2) is 24.3 Å². The summed E-state index contributed by atoms with van der Waals surface area (Å²) in [6, 6.07) is 7.90. The zero-order valence-corrected chi connectivity index (χ0v) is 14.7. The number of likely N-dealkylation sites (N-methyl/N-ethyl adjacent to an activating group) is 1. The maximum absolute atomic E-state index is 12.2. The van der Waals surface area contributed by atoms with Crippen LogP contribution in [0.5, 0.6) is 5.75 Å². The predicted octanol–water partition coefficient (Wildman–Crippen LogP) is 2.77. The largest absolute Gasteiger partial charge is 0.497 e. The molecular weight excluding hydrogens is 326 g/mol. The lowest BCUT2D eigenvalue weighted by Crippen LogP contribution is -2.27. The Labute approximate surface area is 144 Å². The molecule has 0 saturated heterocycles. The Morgan fingerprint density at radius 2 is 1.92 bits per heavy atom. The van der Waals surface area contributed by atoms with Crippen molar-refractivity contribution >= 4 is 23.2 Å². The molecule has 0 N–H and O–H groups in total. The number of ether oxygens (including phenoxy) is 2. The van der Waals surface area contributed by atoms with Crippen molar-refractivity contribution in [2.45, 2.75) is 12.8 Å². The number of nitrogens with zero attached hydrogens (tertiary/aromatic N) is 1. The van der Waals surface area contributed by atoms with Crippen molar-refractivity contribution in [3.05, 3.63) is 40.3 Å². The molecule has 3 rings (SSSR count). The highest BCUT2D eigenvalue weighted by atomic mass is 32.1. The van der Waals surface area contributed by atoms with E-state index in [0.717, 1.165) is 34.6 Å². The van der Waals surface area contributed by atoms with E-state index in [0.29, 0.717) is 4.88 Å². The van der Waals surface area contributed by atoms with E-state index in [2.05, 4.69) is 0 Å². The summed E-state index contributed by atoms with van der Waals surface area (Å²) in [7, 11) is 4.92. The molecule has 1 amide bonds. The number of hydrogen-bond donors (Lipinski definition) is 0. The Morgan fingerprint density at radius 3 is 2.62 bits per heavy atom. The van der Waals surface area contributed by atoms with Gasteiger partial charge in [-0.25, -0.2) is 4.79 Å². The van der Waals surface area contributed by atoms with Crippen molar-refractivity contribution in [3.8, 4) is 16.2 Å². The van der Waals surface area contributed by atoms with E-state index in [1.54, 1.807) is 21.2 Å². The first kappa shape index (κ1) is 16.5. The molecule has 0 unspecified atom stereocenters. The zero-order valence-electron chi connectivity index (χ0n) is 13.9. The van der Waals surface area contributed by atoms with Crippen LogP contribution < -0.4 is 4.74 Å². The zero-order chi connectivity index (χ0) is 17.3. The number of rotatable bonds is 4. The average Bonchev–Trinajstić information content (AvgIpc) is 3.03. The second-order valence-corrected chi connectivity index (χ2v) is 6.90. The number of aryl methyl sites for hydroxylation is 2. The summed E-state index contributed by atoms with van der Waals surface area (Å²) < 4.78 is 10.4. The maximum Gasteiger partial charge on any atom is 0.348 e. The Bertz CT molecular complexity index is 794. The smallest absolute Gasteiger partial charge is 0.348 e. The van der Waals surface area contributed by atoms with Crippen molar-refractivity contribution in [1.29, 1.82) is 0 Å². The van der Waals surface area contributed by atoms with E-state index in [9.17, 15) is 9.59 Å². The molecule has 1 aromatic heterocycles. The summed E-state index contributed by atoms with van der Waals surface area (Å²) in [5.41, 5.74) is 3.53. The van der Waals surface area contributed by atoms with Gasteiger partial charge in [0.15, 0.2) is 6.61 Å². The number of carbonyl (C=O) groups is 2. The first-order chi connectivity index (χ1) is 11.5. The molecule has 0 radical (unpaired) electrons. The monoisotopic (exact) mass is 345 g/mol. The summed E-state index contributed by atoms with van der Waals surface area (Å²) in [6.07, 6.45) is 1.81. The SMILES string of the molecule is COc1ccc2c(c1)CCc1cc(C(=O)OCC(=O)N(C)C)sc1-2. The highest BCUT2D eigenvalue weighted by molar-refractivity contribution is 7.17. The predicted molar refractivity (Wildman–Crippen MR) is 92.7 cm³/mol. The van der Waals surface area contributed by atoms with Gasteiger partial charge in [0.25, 0.3) is 5.91 Å². The lowest BCUT2D eigenvalue weighted by molar-refractivity contribution is -0.131. The van der Waals surface area contributed by atoms with Crippen LogP contribution in [0.2, 0.25) is 0 Å². The van der Waals surface area contributed by atoms with Gasteiger partial charge in [-0.1, -0.05) is 0 Å². The molecule has 1 aliphatic rings. The van der Waals surface area contributed by atoms with Gasteiger partial charge in [-0.2, -0.15) is 0 Å². The molecule has 126 valence electrons. The topological polar surface area (TPSA) is 55.8 Å². The third-order valence-corrected chi connectivity index (χ3v) is 5.25. The average molecular weight is 345 g/mol. The van der Waals surface area contributed by atoms with Gasteiger partial charge in [0.2, 0.25) is 0 Å². The summed E-state index contributed by atoms with van der Waals surface area (Å²) in [5.74, 6) is 0.164. The summed E-state index contributed by atoms with van der Waals surface area (Å²) in [5, 5.41) is 0. The number of esters is 1. The van der Waals surface area contributed by atoms with E-state index in [-0.39, 0.29) is 12.5 Å². The molecule has 0 fully saturated rings. The second kappa shape index (κ2) is 6.65. The van der Waals surface area contributed by atoms with Crippen molar-refractivity contribution in [1.82, 2.24) is 4.90 Å². The first-order valence-corrected chi connectivity index (χ1v) is 8.48. The molecule has 0 atom stereocenters. The van der Waals surface area contributed by atoms with Crippen LogP contribution in [0.25, 0.3) is 10.4 Å². The van der Waals surface area contributed by atoms with Gasteiger partial charge >= 0.3 is 5.97 Å². The van der Waals surface area contributed by atoms with E-state index < -0.39 is 5.97 Å². The molecule has 6 heteroatoms. The highest BCUT2D eigenvalue weighted by Gasteiger charge is 2.23. The Balaban J connectivity index is 1.81. The van der Waals surface area contributed by atoms with Crippen LogP contribution in [0.1, 0.15) is 20.8 Å². The van der Waals surface area contributed by atoms with E-state index in [1.807, 2.05) is 24.3 Å². The van der Waals surface area contributed by atoms with Gasteiger partial charge in [0.05, 0.1) is 7.11 Å². The molecule has 0 spiro atoms. The Hall–Kier alpha value is -2.34. The lowest BCUT2D eigenvalue weighted by atomic mass is 9.91. The van der Waals surface area contributed by atoms with E-state index >= 15 is 0 Å². The summed E-state index contributed by atoms with van der Waals surface area (Å²) >= 11 is 1.42. The number of hydrogen-bond acceptors (Lipinski definition) is 5. The van der Waals surface area contributed by atoms with Gasteiger partial charge in [0, 0.05) is 19.0 Å². The fourth-order valence-corrected chi connectivity index (χ4v) is 3.83. The van der Waals surface area contributed by atoms with Crippen LogP contribution in [0, 0.1) is 0 Å². The van der Waals surface area contributed by atoms with E-state index in [1.165, 1.54) is 21.8 Å². The minimum absolute atomic E-state index is 0.234. The Morgan fingerprint density at radius 1 is 1.17 bits per heavy atom. The van der Waals surface area contributed by atoms with Gasteiger partial charge in [-0.3, -0.25) is 4.79 Å². The first-order valence-electron chi connectivity index (χ1n) is 7.67. The molecule has 5 nitrogen and oxygen atoms in total. The minimum atomic E-state index is -0.445. The Kier molecular flexibility index (Phi) is 4.57. The van der Waals surface area contributed by atoms with Crippen molar-refractivity contribution in [3.63, 3.8) is 0 Å².